The fourth-order valence-corrected chi connectivity index (χ4v) is 5.85. The Bertz CT molecular complexity index is 1280. The van der Waals surface area contributed by atoms with Gasteiger partial charge in [-0.3, -0.25) is 4.79 Å². The molecule has 1 fully saturated rings. The number of carbonyl (C=O) groups is 2. The number of ether oxygens (including phenoxy) is 2. The summed E-state index contributed by atoms with van der Waals surface area (Å²) in [5.41, 5.74) is 4.90. The first kappa shape index (κ1) is 24.2. The molecule has 1 N–H and O–H groups in total. The van der Waals surface area contributed by atoms with Crippen LogP contribution in [0, 0.1) is 0 Å². The molecule has 0 saturated carbocycles. The van der Waals surface area contributed by atoms with Gasteiger partial charge in [-0.05, 0) is 61.9 Å². The molecule has 3 aromatic rings. The molecule has 9 heteroatoms. The third-order valence-electron chi connectivity index (χ3n) is 6.77. The SMILES string of the molecule is COc1cc2c(cc1OC(C)C)-c1c(-c3cccs3)cc(C(=O)N3CCCN(C(=O)O)CC3)n1CC2. The maximum absolute atomic E-state index is 13.8. The van der Waals surface area contributed by atoms with Crippen LogP contribution in [-0.4, -0.2) is 70.9 Å². The van der Waals surface area contributed by atoms with Crippen molar-refractivity contribution in [1.82, 2.24) is 14.4 Å². The second-order valence-corrected chi connectivity index (χ2v) is 10.4. The van der Waals surface area contributed by atoms with Crippen LogP contribution in [0.25, 0.3) is 21.7 Å². The Kier molecular flexibility index (Phi) is 6.66. The van der Waals surface area contributed by atoms with Crippen molar-refractivity contribution in [1.29, 1.82) is 0 Å². The van der Waals surface area contributed by atoms with Crippen LogP contribution in [0.4, 0.5) is 4.79 Å². The van der Waals surface area contributed by atoms with E-state index in [1.165, 1.54) is 4.90 Å². The Morgan fingerprint density at radius 2 is 1.78 bits per heavy atom. The van der Waals surface area contributed by atoms with Gasteiger partial charge in [-0.15, -0.1) is 11.3 Å². The molecule has 8 nitrogen and oxygen atoms in total. The summed E-state index contributed by atoms with van der Waals surface area (Å²) in [5.74, 6) is 1.35. The zero-order chi connectivity index (χ0) is 25.4. The van der Waals surface area contributed by atoms with Crippen LogP contribution in [0.1, 0.15) is 36.3 Å². The number of aryl methyl sites for hydroxylation is 1. The molecular weight excluding hydrogens is 478 g/mol. The molecule has 1 saturated heterocycles. The molecule has 190 valence electrons. The molecule has 0 aliphatic carbocycles. The van der Waals surface area contributed by atoms with Crippen LogP contribution in [0.3, 0.4) is 0 Å². The van der Waals surface area contributed by atoms with Crippen LogP contribution in [0.15, 0.2) is 35.7 Å². The first-order valence-corrected chi connectivity index (χ1v) is 13.2. The number of aromatic nitrogens is 1. The van der Waals surface area contributed by atoms with E-state index in [4.69, 9.17) is 9.47 Å². The topological polar surface area (TPSA) is 84.2 Å². The molecule has 0 spiro atoms. The summed E-state index contributed by atoms with van der Waals surface area (Å²) in [6, 6.07) is 10.2. The lowest BCUT2D eigenvalue weighted by Gasteiger charge is -2.26. The maximum Gasteiger partial charge on any atom is 0.407 e. The third kappa shape index (κ3) is 4.43. The summed E-state index contributed by atoms with van der Waals surface area (Å²) in [6.45, 7) is 6.35. The number of hydrogen-bond donors (Lipinski definition) is 1. The first-order chi connectivity index (χ1) is 17.4. The van der Waals surface area contributed by atoms with E-state index >= 15 is 0 Å². The zero-order valence-electron chi connectivity index (χ0n) is 20.8. The Balaban J connectivity index is 1.60. The number of benzene rings is 1. The third-order valence-corrected chi connectivity index (χ3v) is 7.67. The molecule has 0 bridgehead atoms. The van der Waals surface area contributed by atoms with Gasteiger partial charge in [-0.2, -0.15) is 0 Å². The highest BCUT2D eigenvalue weighted by atomic mass is 32.1. The number of amides is 2. The highest BCUT2D eigenvalue weighted by molar-refractivity contribution is 7.13. The van der Waals surface area contributed by atoms with E-state index < -0.39 is 6.09 Å². The summed E-state index contributed by atoms with van der Waals surface area (Å²) >= 11 is 1.65. The summed E-state index contributed by atoms with van der Waals surface area (Å²) < 4.78 is 13.8. The molecule has 1 aromatic carbocycles. The zero-order valence-corrected chi connectivity index (χ0v) is 21.6. The van der Waals surface area contributed by atoms with Crippen molar-refractivity contribution in [2.45, 2.75) is 39.3 Å². The van der Waals surface area contributed by atoms with Gasteiger partial charge < -0.3 is 28.9 Å². The average Bonchev–Trinajstić information content (AvgIpc) is 3.44. The van der Waals surface area contributed by atoms with E-state index in [0.717, 1.165) is 33.7 Å². The molecule has 2 aliphatic rings. The van der Waals surface area contributed by atoms with Crippen LogP contribution >= 0.6 is 11.3 Å². The van der Waals surface area contributed by atoms with Crippen molar-refractivity contribution in [3.05, 3.63) is 47.0 Å². The fraction of sp³-hybridized carbons (Fsp3) is 0.407. The molecule has 0 radical (unpaired) electrons. The average molecular weight is 510 g/mol. The van der Waals surface area contributed by atoms with E-state index in [1.807, 2.05) is 37.4 Å². The van der Waals surface area contributed by atoms with Gasteiger partial charge in [0.05, 0.1) is 18.9 Å². The highest BCUT2D eigenvalue weighted by Crippen LogP contribution is 2.45. The largest absolute Gasteiger partial charge is 0.493 e. The second-order valence-electron chi connectivity index (χ2n) is 9.41. The van der Waals surface area contributed by atoms with Gasteiger partial charge in [0.1, 0.15) is 5.69 Å². The Hall–Kier alpha value is -3.46. The molecule has 2 amide bonds. The van der Waals surface area contributed by atoms with Crippen LogP contribution < -0.4 is 9.47 Å². The summed E-state index contributed by atoms with van der Waals surface area (Å²) in [6.07, 6.45) is 0.458. The molecular formula is C27H31N3O5S. The van der Waals surface area contributed by atoms with Crippen molar-refractivity contribution in [3.63, 3.8) is 0 Å². The van der Waals surface area contributed by atoms with E-state index in [1.54, 1.807) is 23.3 Å². The number of methoxy groups -OCH3 is 1. The summed E-state index contributed by atoms with van der Waals surface area (Å²) in [7, 11) is 1.65. The number of carboxylic acid groups (broad SMARTS) is 1. The van der Waals surface area contributed by atoms with Gasteiger partial charge in [0.15, 0.2) is 11.5 Å². The van der Waals surface area contributed by atoms with Crippen LogP contribution in [0.5, 0.6) is 11.5 Å². The molecule has 36 heavy (non-hydrogen) atoms. The molecule has 4 heterocycles. The smallest absolute Gasteiger partial charge is 0.407 e. The number of rotatable bonds is 5. The van der Waals surface area contributed by atoms with Gasteiger partial charge >= 0.3 is 6.09 Å². The van der Waals surface area contributed by atoms with Crippen LogP contribution in [-0.2, 0) is 13.0 Å². The van der Waals surface area contributed by atoms with Gasteiger partial charge in [0.2, 0.25) is 0 Å². The number of nitrogens with zero attached hydrogens (tertiary/aromatic N) is 3. The van der Waals surface area contributed by atoms with Gasteiger partial charge in [-0.1, -0.05) is 6.07 Å². The maximum atomic E-state index is 13.8. The molecule has 5 rings (SSSR count). The lowest BCUT2D eigenvalue weighted by molar-refractivity contribution is 0.0748. The minimum Gasteiger partial charge on any atom is -0.493 e. The predicted molar refractivity (Wildman–Crippen MR) is 139 cm³/mol. The van der Waals surface area contributed by atoms with Gasteiger partial charge in [0.25, 0.3) is 5.91 Å². The number of fused-ring (bicyclic) bond motifs is 3. The Morgan fingerprint density at radius 1 is 1.00 bits per heavy atom. The second kappa shape index (κ2) is 9.89. The van der Waals surface area contributed by atoms with Crippen molar-refractivity contribution in [2.24, 2.45) is 0 Å². The first-order valence-electron chi connectivity index (χ1n) is 12.3. The molecule has 0 unspecified atom stereocenters. The van der Waals surface area contributed by atoms with E-state index in [-0.39, 0.29) is 12.0 Å². The van der Waals surface area contributed by atoms with Crippen molar-refractivity contribution >= 4 is 23.3 Å². The lowest BCUT2D eigenvalue weighted by atomic mass is 9.95. The van der Waals surface area contributed by atoms with Crippen LogP contribution in [0.2, 0.25) is 0 Å². The quantitative estimate of drug-likeness (QED) is 0.520. The van der Waals surface area contributed by atoms with Crippen molar-refractivity contribution in [3.8, 4) is 33.2 Å². The lowest BCUT2D eigenvalue weighted by Crippen LogP contribution is -2.37. The monoisotopic (exact) mass is 509 g/mol. The number of thiophene rings is 1. The van der Waals surface area contributed by atoms with Gasteiger partial charge in [0, 0.05) is 48.7 Å². The van der Waals surface area contributed by atoms with E-state index in [0.29, 0.717) is 56.3 Å². The number of carbonyl (C=O) groups excluding carboxylic acids is 1. The number of hydrogen-bond acceptors (Lipinski definition) is 5. The highest BCUT2D eigenvalue weighted by Gasteiger charge is 2.31. The fourth-order valence-electron chi connectivity index (χ4n) is 5.11. The Labute approximate surface area is 214 Å². The predicted octanol–water partition coefficient (Wildman–Crippen LogP) is 5.06. The minimum atomic E-state index is -0.934. The Morgan fingerprint density at radius 3 is 2.47 bits per heavy atom. The molecule has 2 aromatic heterocycles. The van der Waals surface area contributed by atoms with E-state index in [2.05, 4.69) is 16.7 Å². The summed E-state index contributed by atoms with van der Waals surface area (Å²) in [5, 5.41) is 11.4. The standard InChI is InChI=1S/C27H31N3O5S/c1-17(2)35-23-16-19-18(14-22(23)34-3)7-10-30-21(15-20(25(19)30)24-6-4-13-36-24)26(31)28-8-5-9-29(12-11-28)27(32)33/h4,6,13-17H,5,7-12H2,1-3H3,(H,32,33). The molecule has 2 aliphatic heterocycles. The van der Waals surface area contributed by atoms with Crippen molar-refractivity contribution in [2.75, 3.05) is 33.3 Å². The summed E-state index contributed by atoms with van der Waals surface area (Å²) in [4.78, 5) is 29.5. The van der Waals surface area contributed by atoms with E-state index in [9.17, 15) is 14.7 Å². The van der Waals surface area contributed by atoms with Gasteiger partial charge in [-0.25, -0.2) is 4.79 Å². The molecule has 0 atom stereocenters. The minimum absolute atomic E-state index is 0.00497. The normalized spacial score (nSPS) is 15.3. The van der Waals surface area contributed by atoms with Crippen molar-refractivity contribution < 1.29 is 24.2 Å².